The maximum Gasteiger partial charge on any atom is 0.225 e. The van der Waals surface area contributed by atoms with Crippen LogP contribution in [-0.2, 0) is 4.79 Å². The Bertz CT molecular complexity index is 732. The second-order valence-electron chi connectivity index (χ2n) is 7.12. The lowest BCUT2D eigenvalue weighted by Gasteiger charge is -2.34. The van der Waals surface area contributed by atoms with Crippen molar-refractivity contribution in [2.45, 2.75) is 13.3 Å². The van der Waals surface area contributed by atoms with Crippen molar-refractivity contribution in [3.63, 3.8) is 0 Å². The summed E-state index contributed by atoms with van der Waals surface area (Å²) in [7, 11) is 0. The molecular formula is C23H29N3O. The molecule has 1 fully saturated rings. The van der Waals surface area contributed by atoms with Gasteiger partial charge in [0.05, 0.1) is 0 Å². The standard InChI is InChI=1S/C23H29N3O/c1-20-9-11-22(12-10-20)24-23(27)13-15-26-18-16-25(17-19-26)14-5-8-21-6-3-2-4-7-21/h2-12H,13-19H2,1H3,(H,24,27)/b8-5+. The summed E-state index contributed by atoms with van der Waals surface area (Å²) in [4.78, 5) is 17.0. The van der Waals surface area contributed by atoms with Gasteiger partial charge >= 0.3 is 0 Å². The Kier molecular flexibility index (Phi) is 7.19. The van der Waals surface area contributed by atoms with Crippen LogP contribution in [0.4, 0.5) is 5.69 Å². The van der Waals surface area contributed by atoms with E-state index in [9.17, 15) is 4.79 Å². The largest absolute Gasteiger partial charge is 0.326 e. The molecule has 27 heavy (non-hydrogen) atoms. The van der Waals surface area contributed by atoms with Crippen LogP contribution in [0.25, 0.3) is 6.08 Å². The van der Waals surface area contributed by atoms with Crippen LogP contribution in [0.15, 0.2) is 60.7 Å². The van der Waals surface area contributed by atoms with E-state index in [0.717, 1.165) is 45.0 Å². The molecule has 1 amide bonds. The van der Waals surface area contributed by atoms with E-state index in [1.807, 2.05) is 37.3 Å². The van der Waals surface area contributed by atoms with Crippen LogP contribution in [0.3, 0.4) is 0 Å². The molecule has 0 atom stereocenters. The molecule has 0 aromatic heterocycles. The van der Waals surface area contributed by atoms with Crippen molar-refractivity contribution in [2.75, 3.05) is 44.6 Å². The summed E-state index contributed by atoms with van der Waals surface area (Å²) in [5.41, 5.74) is 3.32. The first-order chi connectivity index (χ1) is 13.2. The summed E-state index contributed by atoms with van der Waals surface area (Å²) < 4.78 is 0. The van der Waals surface area contributed by atoms with Crippen LogP contribution < -0.4 is 5.32 Å². The van der Waals surface area contributed by atoms with E-state index in [2.05, 4.69) is 51.5 Å². The lowest BCUT2D eigenvalue weighted by molar-refractivity contribution is -0.116. The summed E-state index contributed by atoms with van der Waals surface area (Å²) in [6.07, 6.45) is 4.96. The Labute approximate surface area is 162 Å². The molecule has 3 rings (SSSR count). The third kappa shape index (κ3) is 6.66. The highest BCUT2D eigenvalue weighted by Gasteiger charge is 2.16. The molecular weight excluding hydrogens is 334 g/mol. The molecule has 0 bridgehead atoms. The second-order valence-corrected chi connectivity index (χ2v) is 7.12. The molecule has 142 valence electrons. The van der Waals surface area contributed by atoms with Crippen molar-refractivity contribution < 1.29 is 4.79 Å². The van der Waals surface area contributed by atoms with E-state index in [1.54, 1.807) is 0 Å². The Morgan fingerprint density at radius 3 is 2.33 bits per heavy atom. The van der Waals surface area contributed by atoms with Crippen LogP contribution in [0.5, 0.6) is 0 Å². The Hall–Kier alpha value is -2.43. The first-order valence-corrected chi connectivity index (χ1v) is 9.72. The SMILES string of the molecule is Cc1ccc(NC(=O)CCN2CCN(C/C=C/c3ccccc3)CC2)cc1. The van der Waals surface area contributed by atoms with Gasteiger partial charge in [0.25, 0.3) is 0 Å². The quantitative estimate of drug-likeness (QED) is 0.815. The molecule has 1 aliphatic heterocycles. The maximum absolute atomic E-state index is 12.1. The zero-order valence-corrected chi connectivity index (χ0v) is 16.1. The predicted molar refractivity (Wildman–Crippen MR) is 113 cm³/mol. The number of hydrogen-bond acceptors (Lipinski definition) is 3. The van der Waals surface area contributed by atoms with Gasteiger partial charge in [-0.05, 0) is 24.6 Å². The van der Waals surface area contributed by atoms with Crippen molar-refractivity contribution in [3.8, 4) is 0 Å². The normalized spacial score (nSPS) is 15.9. The lowest BCUT2D eigenvalue weighted by atomic mass is 10.2. The van der Waals surface area contributed by atoms with Gasteiger partial charge in [0, 0.05) is 51.4 Å². The fourth-order valence-electron chi connectivity index (χ4n) is 3.22. The summed E-state index contributed by atoms with van der Waals surface area (Å²) >= 11 is 0. The van der Waals surface area contributed by atoms with Crippen LogP contribution >= 0.6 is 0 Å². The number of piperazine rings is 1. The van der Waals surface area contributed by atoms with Crippen LogP contribution in [-0.4, -0.2) is 55.0 Å². The first kappa shape index (κ1) is 19.3. The molecule has 2 aromatic carbocycles. The molecule has 0 spiro atoms. The monoisotopic (exact) mass is 363 g/mol. The van der Waals surface area contributed by atoms with Crippen LogP contribution in [0.1, 0.15) is 17.5 Å². The van der Waals surface area contributed by atoms with Gasteiger partial charge in [0.1, 0.15) is 0 Å². The fraction of sp³-hybridized carbons (Fsp3) is 0.348. The summed E-state index contributed by atoms with van der Waals surface area (Å²) in [5, 5.41) is 2.98. The van der Waals surface area contributed by atoms with Crippen molar-refractivity contribution in [1.82, 2.24) is 9.80 Å². The van der Waals surface area contributed by atoms with E-state index in [1.165, 1.54) is 11.1 Å². The molecule has 4 nitrogen and oxygen atoms in total. The Balaban J connectivity index is 1.32. The third-order valence-electron chi connectivity index (χ3n) is 4.93. The van der Waals surface area contributed by atoms with Crippen molar-refractivity contribution in [2.24, 2.45) is 0 Å². The van der Waals surface area contributed by atoms with Crippen molar-refractivity contribution in [3.05, 3.63) is 71.8 Å². The molecule has 0 unspecified atom stereocenters. The number of carbonyl (C=O) groups is 1. The van der Waals surface area contributed by atoms with Gasteiger partial charge in [0.2, 0.25) is 5.91 Å². The van der Waals surface area contributed by atoms with E-state index in [4.69, 9.17) is 0 Å². The molecule has 0 aliphatic carbocycles. The molecule has 4 heteroatoms. The minimum Gasteiger partial charge on any atom is -0.326 e. The number of nitrogens with zero attached hydrogens (tertiary/aromatic N) is 2. The van der Waals surface area contributed by atoms with Gasteiger partial charge in [-0.25, -0.2) is 0 Å². The van der Waals surface area contributed by atoms with E-state index >= 15 is 0 Å². The van der Waals surface area contributed by atoms with Gasteiger partial charge in [0.15, 0.2) is 0 Å². The minimum atomic E-state index is 0.0899. The van der Waals surface area contributed by atoms with E-state index in [0.29, 0.717) is 6.42 Å². The highest BCUT2D eigenvalue weighted by Crippen LogP contribution is 2.10. The van der Waals surface area contributed by atoms with E-state index < -0.39 is 0 Å². The zero-order chi connectivity index (χ0) is 18.9. The van der Waals surface area contributed by atoms with Gasteiger partial charge in [-0.2, -0.15) is 0 Å². The topological polar surface area (TPSA) is 35.6 Å². The fourth-order valence-corrected chi connectivity index (χ4v) is 3.22. The molecule has 1 saturated heterocycles. The highest BCUT2D eigenvalue weighted by atomic mass is 16.1. The molecule has 2 aromatic rings. The number of amides is 1. The second kappa shape index (κ2) is 10.0. The van der Waals surface area contributed by atoms with Gasteiger partial charge in [-0.1, -0.05) is 60.2 Å². The molecule has 0 saturated carbocycles. The molecule has 1 aliphatic rings. The number of nitrogens with one attached hydrogen (secondary N) is 1. The third-order valence-corrected chi connectivity index (χ3v) is 4.93. The van der Waals surface area contributed by atoms with Crippen LogP contribution in [0.2, 0.25) is 0 Å². The van der Waals surface area contributed by atoms with Crippen molar-refractivity contribution in [1.29, 1.82) is 0 Å². The lowest BCUT2D eigenvalue weighted by Crippen LogP contribution is -2.46. The minimum absolute atomic E-state index is 0.0899. The molecule has 1 heterocycles. The number of aryl methyl sites for hydroxylation is 1. The van der Waals surface area contributed by atoms with Crippen LogP contribution in [0, 0.1) is 6.92 Å². The summed E-state index contributed by atoms with van der Waals surface area (Å²) in [6, 6.07) is 18.3. The van der Waals surface area contributed by atoms with Gasteiger partial charge < -0.3 is 10.2 Å². The van der Waals surface area contributed by atoms with Gasteiger partial charge in [-0.15, -0.1) is 0 Å². The first-order valence-electron chi connectivity index (χ1n) is 9.72. The van der Waals surface area contributed by atoms with Crippen molar-refractivity contribution >= 4 is 17.7 Å². The Morgan fingerprint density at radius 1 is 0.963 bits per heavy atom. The highest BCUT2D eigenvalue weighted by molar-refractivity contribution is 5.90. The molecule has 0 radical (unpaired) electrons. The molecule has 1 N–H and O–H groups in total. The Morgan fingerprint density at radius 2 is 1.63 bits per heavy atom. The average Bonchev–Trinajstić information content (AvgIpc) is 2.70. The number of anilines is 1. The smallest absolute Gasteiger partial charge is 0.225 e. The maximum atomic E-state index is 12.1. The predicted octanol–water partition coefficient (Wildman–Crippen LogP) is 3.65. The zero-order valence-electron chi connectivity index (χ0n) is 16.1. The number of benzene rings is 2. The average molecular weight is 364 g/mol. The van der Waals surface area contributed by atoms with E-state index in [-0.39, 0.29) is 5.91 Å². The number of rotatable bonds is 7. The van der Waals surface area contributed by atoms with Gasteiger partial charge in [-0.3, -0.25) is 9.69 Å². The summed E-state index contributed by atoms with van der Waals surface area (Å²) in [5.74, 6) is 0.0899. The summed E-state index contributed by atoms with van der Waals surface area (Å²) in [6.45, 7) is 8.01. The number of carbonyl (C=O) groups excluding carboxylic acids is 1. The number of hydrogen-bond donors (Lipinski definition) is 1.